The largest absolute Gasteiger partial charge is 0.505 e. The molecular formula is C35H44N4O7. The fourth-order valence-corrected chi connectivity index (χ4v) is 7.85. The molecule has 3 aliphatic rings. The molecule has 0 heterocycles. The maximum absolute atomic E-state index is 14.3. The molecule has 0 radical (unpaired) electrons. The van der Waals surface area contributed by atoms with Crippen LogP contribution in [-0.4, -0.2) is 84.0 Å². The number of Topliss-reactive ketones (excluding diaryl/α,β-unsaturated/α-hetero) is 4. The van der Waals surface area contributed by atoms with Gasteiger partial charge in [0.25, 0.3) is 0 Å². The number of aliphatic hydroxyl groups is 1. The number of aromatic hydroxyl groups is 1. The topological polar surface area (TPSA) is 170 Å². The lowest BCUT2D eigenvalue weighted by Crippen LogP contribution is -2.74. The molecular weight excluding hydrogens is 588 g/mol. The second-order valence-electron chi connectivity index (χ2n) is 14.7. The molecule has 1 amide bonds. The number of carbonyl (C=O) groups is 5. The first-order chi connectivity index (χ1) is 21.4. The Morgan fingerprint density at radius 2 is 1.67 bits per heavy atom. The van der Waals surface area contributed by atoms with E-state index in [1.807, 2.05) is 37.2 Å². The molecule has 46 heavy (non-hydrogen) atoms. The summed E-state index contributed by atoms with van der Waals surface area (Å²) in [7, 11) is 6.77. The molecule has 2 saturated carbocycles. The van der Waals surface area contributed by atoms with Gasteiger partial charge in [-0.25, -0.2) is 0 Å². The van der Waals surface area contributed by atoms with Crippen LogP contribution < -0.4 is 16.0 Å². The summed E-state index contributed by atoms with van der Waals surface area (Å²) in [5.41, 5.74) is 6.39. The van der Waals surface area contributed by atoms with Crippen LogP contribution in [0.15, 0.2) is 30.3 Å². The fourth-order valence-electron chi connectivity index (χ4n) is 7.85. The van der Waals surface area contributed by atoms with E-state index in [1.165, 1.54) is 4.90 Å². The van der Waals surface area contributed by atoms with Crippen LogP contribution in [0.3, 0.4) is 0 Å². The number of phenolic OH excluding ortho intramolecular Hbond substituents is 1. The van der Waals surface area contributed by atoms with Crippen molar-refractivity contribution in [3.63, 3.8) is 0 Å². The third kappa shape index (κ3) is 5.29. The van der Waals surface area contributed by atoms with Crippen molar-refractivity contribution >= 4 is 40.4 Å². The highest BCUT2D eigenvalue weighted by molar-refractivity contribution is 6.32. The van der Waals surface area contributed by atoms with Crippen LogP contribution in [0.4, 0.5) is 11.4 Å². The molecule has 0 aromatic heterocycles. The number of fused-ring (bicyclic) bond motifs is 3. The minimum Gasteiger partial charge on any atom is -0.505 e. The average Bonchev–Trinajstić information content (AvgIpc) is 2.94. The summed E-state index contributed by atoms with van der Waals surface area (Å²) in [6.07, 6.45) is 1.04. The van der Waals surface area contributed by atoms with Gasteiger partial charge in [-0.3, -0.25) is 28.9 Å². The van der Waals surface area contributed by atoms with Crippen LogP contribution in [0.2, 0.25) is 0 Å². The van der Waals surface area contributed by atoms with Gasteiger partial charge in [0.2, 0.25) is 5.91 Å². The number of benzene rings is 2. The number of amides is 1. The molecule has 2 unspecified atom stereocenters. The number of nitrogens with one attached hydrogen (secondary N) is 1. The molecule has 6 atom stereocenters. The number of anilines is 2. The molecule has 246 valence electrons. The number of nitrogens with two attached hydrogens (primary N) is 1. The quantitative estimate of drug-likeness (QED) is 0.262. The van der Waals surface area contributed by atoms with E-state index in [0.29, 0.717) is 23.5 Å². The Hall–Kier alpha value is -4.09. The van der Waals surface area contributed by atoms with E-state index in [4.69, 9.17) is 5.73 Å². The third-order valence-electron chi connectivity index (χ3n) is 9.83. The van der Waals surface area contributed by atoms with Crippen LogP contribution in [0.5, 0.6) is 5.75 Å². The lowest BCUT2D eigenvalue weighted by atomic mass is 9.52. The van der Waals surface area contributed by atoms with Gasteiger partial charge < -0.3 is 26.2 Å². The van der Waals surface area contributed by atoms with E-state index in [2.05, 4.69) is 32.2 Å². The zero-order chi connectivity index (χ0) is 34.0. The molecule has 0 aliphatic heterocycles. The van der Waals surface area contributed by atoms with Gasteiger partial charge in [0.15, 0.2) is 34.7 Å². The van der Waals surface area contributed by atoms with Crippen LogP contribution in [-0.2, 0) is 38.6 Å². The number of ketones is 4. The van der Waals surface area contributed by atoms with Gasteiger partial charge in [0.05, 0.1) is 23.2 Å². The Balaban J connectivity index is 1.57. The average molecular weight is 633 g/mol. The Labute approximate surface area is 269 Å². The number of nitrogens with zero attached hydrogens (tertiary/aromatic N) is 2. The molecule has 0 bridgehead atoms. The zero-order valence-corrected chi connectivity index (χ0v) is 27.5. The Morgan fingerprint density at radius 3 is 2.24 bits per heavy atom. The minimum atomic E-state index is -2.76. The van der Waals surface area contributed by atoms with E-state index in [0.717, 1.165) is 17.5 Å². The monoisotopic (exact) mass is 632 g/mol. The maximum Gasteiger partial charge on any atom is 0.235 e. The van der Waals surface area contributed by atoms with Gasteiger partial charge in [0, 0.05) is 32.2 Å². The second kappa shape index (κ2) is 11.6. The van der Waals surface area contributed by atoms with E-state index >= 15 is 0 Å². The standard InChI is InChI=1S/C35H44N4O7/c1-34(2,3)15-17-10-8-9-11-18(17)16-37-22-14-23(38(4)5)20-12-19-13-21-27(39(6)7)30(42)26(33(36)45)32(44)35(21,46)31(43)24(19)29(41)25(20)28(22)40/h8-11,14,19,21,24,26-27,37,40,46H,12-13,15-16H2,1-7H3,(H2,36,45)/t19-,21-,24?,26?,27-,35-/m0/s1. The van der Waals surface area contributed by atoms with Crippen molar-refractivity contribution in [1.29, 1.82) is 0 Å². The number of likely N-dealkylation sites (N-methyl/N-ethyl adjacent to an activating group) is 1. The molecule has 2 aromatic carbocycles. The zero-order valence-electron chi connectivity index (χ0n) is 27.5. The van der Waals surface area contributed by atoms with Gasteiger partial charge in [-0.05, 0) is 67.4 Å². The molecule has 2 fully saturated rings. The minimum absolute atomic E-state index is 0.00207. The summed E-state index contributed by atoms with van der Waals surface area (Å²) >= 11 is 0. The summed E-state index contributed by atoms with van der Waals surface area (Å²) in [6, 6.07) is 8.65. The highest BCUT2D eigenvalue weighted by Crippen LogP contribution is 2.52. The van der Waals surface area contributed by atoms with Crippen LogP contribution in [0.1, 0.15) is 54.2 Å². The number of phenols is 1. The van der Waals surface area contributed by atoms with Crippen LogP contribution in [0, 0.1) is 29.1 Å². The van der Waals surface area contributed by atoms with Gasteiger partial charge in [-0.1, -0.05) is 45.0 Å². The lowest BCUT2D eigenvalue weighted by molar-refractivity contribution is -0.181. The first kappa shape index (κ1) is 33.3. The summed E-state index contributed by atoms with van der Waals surface area (Å²) in [6.45, 7) is 6.85. The van der Waals surface area contributed by atoms with E-state index in [-0.39, 0.29) is 29.6 Å². The molecule has 0 saturated heterocycles. The number of rotatable bonds is 7. The maximum atomic E-state index is 14.3. The number of carbonyl (C=O) groups excluding carboxylic acids is 5. The van der Waals surface area contributed by atoms with Crippen LogP contribution in [0.25, 0.3) is 0 Å². The van der Waals surface area contributed by atoms with Crippen molar-refractivity contribution in [2.45, 2.75) is 58.2 Å². The highest BCUT2D eigenvalue weighted by atomic mass is 16.3. The van der Waals surface area contributed by atoms with Crippen LogP contribution >= 0.6 is 0 Å². The van der Waals surface area contributed by atoms with Crippen molar-refractivity contribution in [2.75, 3.05) is 38.4 Å². The second-order valence-corrected chi connectivity index (χ2v) is 14.7. The third-order valence-corrected chi connectivity index (χ3v) is 9.83. The first-order valence-corrected chi connectivity index (χ1v) is 15.6. The Morgan fingerprint density at radius 1 is 1.04 bits per heavy atom. The summed E-state index contributed by atoms with van der Waals surface area (Å²) in [5.74, 6) is -10.7. The smallest absolute Gasteiger partial charge is 0.235 e. The van der Waals surface area contributed by atoms with Crippen molar-refractivity contribution in [1.82, 2.24) is 4.90 Å². The van der Waals surface area contributed by atoms with E-state index in [9.17, 15) is 34.2 Å². The van der Waals surface area contributed by atoms with Crippen molar-refractivity contribution in [3.8, 4) is 5.75 Å². The molecule has 11 nitrogen and oxygen atoms in total. The molecule has 5 rings (SSSR count). The number of primary amides is 1. The highest BCUT2D eigenvalue weighted by Gasteiger charge is 2.69. The van der Waals surface area contributed by atoms with E-state index < -0.39 is 64.4 Å². The van der Waals surface area contributed by atoms with Crippen molar-refractivity contribution in [3.05, 3.63) is 52.6 Å². The van der Waals surface area contributed by atoms with Crippen molar-refractivity contribution < 1.29 is 34.2 Å². The Bertz CT molecular complexity index is 1640. The fraction of sp³-hybridized carbons (Fsp3) is 0.514. The lowest BCUT2D eigenvalue weighted by Gasteiger charge is -2.52. The Kier molecular flexibility index (Phi) is 8.40. The number of hydrogen-bond acceptors (Lipinski definition) is 10. The summed E-state index contributed by atoms with van der Waals surface area (Å²) < 4.78 is 0. The molecule has 0 spiro atoms. The predicted molar refractivity (Wildman–Crippen MR) is 173 cm³/mol. The first-order valence-electron chi connectivity index (χ1n) is 15.6. The molecule has 5 N–H and O–H groups in total. The molecule has 2 aromatic rings. The van der Waals surface area contributed by atoms with Gasteiger partial charge in [0.1, 0.15) is 5.75 Å². The van der Waals surface area contributed by atoms with Gasteiger partial charge in [-0.2, -0.15) is 0 Å². The van der Waals surface area contributed by atoms with E-state index in [1.54, 1.807) is 20.2 Å². The summed E-state index contributed by atoms with van der Waals surface area (Å²) in [4.78, 5) is 70.9. The van der Waals surface area contributed by atoms with Crippen molar-refractivity contribution in [2.24, 2.45) is 34.8 Å². The predicted octanol–water partition coefficient (Wildman–Crippen LogP) is 2.13. The number of hydrogen-bond donors (Lipinski definition) is 4. The summed E-state index contributed by atoms with van der Waals surface area (Å²) in [5, 5.41) is 26.7. The van der Waals surface area contributed by atoms with Gasteiger partial charge in [-0.15, -0.1) is 0 Å². The van der Waals surface area contributed by atoms with Gasteiger partial charge >= 0.3 is 0 Å². The molecule has 11 heteroatoms. The SMILES string of the molecule is CN(C)c1cc(NCc2ccccc2CC(C)(C)C)c(O)c2c1C[C@H]1C[C@H]3[C@H](N(C)C)C(=O)C(C(N)=O)C(=O)[C@@]3(O)C(=O)C1C2=O. The molecule has 3 aliphatic carbocycles. The normalized spacial score (nSPS) is 27.6.